The molecule has 0 aliphatic carbocycles. The van der Waals surface area contributed by atoms with Crippen LogP contribution >= 0.6 is 27.5 Å². The van der Waals surface area contributed by atoms with E-state index in [1.54, 1.807) is 24.3 Å². The lowest BCUT2D eigenvalue weighted by atomic mass is 10.1. The molecule has 2 aromatic rings. The summed E-state index contributed by atoms with van der Waals surface area (Å²) >= 11 is 9.41. The van der Waals surface area contributed by atoms with Crippen LogP contribution in [-0.2, 0) is 0 Å². The van der Waals surface area contributed by atoms with Crippen LogP contribution < -0.4 is 4.74 Å². The van der Waals surface area contributed by atoms with Gasteiger partial charge in [0.15, 0.2) is 0 Å². The van der Waals surface area contributed by atoms with E-state index >= 15 is 0 Å². The van der Waals surface area contributed by atoms with Crippen LogP contribution in [-0.4, -0.2) is 0 Å². The van der Waals surface area contributed by atoms with E-state index in [9.17, 15) is 0 Å². The van der Waals surface area contributed by atoms with Gasteiger partial charge in [-0.3, -0.25) is 0 Å². The molecule has 0 aliphatic rings. The Morgan fingerprint density at radius 2 is 2.00 bits per heavy atom. The lowest BCUT2D eigenvalue weighted by Crippen LogP contribution is -1.88. The molecule has 0 aliphatic heterocycles. The fourth-order valence-corrected chi connectivity index (χ4v) is 2.22. The van der Waals surface area contributed by atoms with E-state index in [0.717, 1.165) is 10.0 Å². The first-order valence-electron chi connectivity index (χ1n) is 5.24. The standard InChI is InChI=1S/C14H9BrClNO/c1-9-6-12(4-2-10(9)8-17)18-14-5-3-11(15)7-13(14)16/h2-7H,1H3. The van der Waals surface area contributed by atoms with Gasteiger partial charge in [-0.15, -0.1) is 0 Å². The van der Waals surface area contributed by atoms with Gasteiger partial charge in [0, 0.05) is 4.47 Å². The summed E-state index contributed by atoms with van der Waals surface area (Å²) in [5.41, 5.74) is 1.52. The molecular formula is C14H9BrClNO. The molecule has 0 aromatic heterocycles. The Bertz CT molecular complexity index is 634. The molecule has 0 amide bonds. The summed E-state index contributed by atoms with van der Waals surface area (Å²) in [4.78, 5) is 0. The summed E-state index contributed by atoms with van der Waals surface area (Å²) in [7, 11) is 0. The molecule has 2 aromatic carbocycles. The van der Waals surface area contributed by atoms with Crippen molar-refractivity contribution in [2.24, 2.45) is 0 Å². The zero-order valence-electron chi connectivity index (χ0n) is 9.58. The summed E-state index contributed by atoms with van der Waals surface area (Å²) in [6, 6.07) is 12.8. The number of benzene rings is 2. The Hall–Kier alpha value is -1.50. The van der Waals surface area contributed by atoms with Crippen molar-refractivity contribution in [1.29, 1.82) is 5.26 Å². The Labute approximate surface area is 119 Å². The summed E-state index contributed by atoms with van der Waals surface area (Å²) in [6.07, 6.45) is 0. The van der Waals surface area contributed by atoms with Crippen LogP contribution in [0.15, 0.2) is 40.9 Å². The van der Waals surface area contributed by atoms with Gasteiger partial charge in [0.25, 0.3) is 0 Å². The minimum atomic E-state index is 0.534. The zero-order valence-corrected chi connectivity index (χ0v) is 11.9. The molecule has 0 atom stereocenters. The smallest absolute Gasteiger partial charge is 0.146 e. The Balaban J connectivity index is 2.29. The summed E-state index contributed by atoms with van der Waals surface area (Å²) in [5, 5.41) is 9.39. The largest absolute Gasteiger partial charge is 0.456 e. The van der Waals surface area contributed by atoms with Gasteiger partial charge in [0.1, 0.15) is 11.5 Å². The Kier molecular flexibility index (Phi) is 3.90. The summed E-state index contributed by atoms with van der Waals surface area (Å²) < 4.78 is 6.58. The molecule has 2 rings (SSSR count). The van der Waals surface area contributed by atoms with Crippen molar-refractivity contribution >= 4 is 27.5 Å². The van der Waals surface area contributed by atoms with Gasteiger partial charge in [-0.1, -0.05) is 27.5 Å². The monoisotopic (exact) mass is 321 g/mol. The Morgan fingerprint density at radius 1 is 1.22 bits per heavy atom. The van der Waals surface area contributed by atoms with Gasteiger partial charge in [0.05, 0.1) is 16.7 Å². The first kappa shape index (κ1) is 12.9. The van der Waals surface area contributed by atoms with Crippen molar-refractivity contribution in [2.75, 3.05) is 0 Å². The van der Waals surface area contributed by atoms with Gasteiger partial charge in [-0.25, -0.2) is 0 Å². The quantitative estimate of drug-likeness (QED) is 0.773. The van der Waals surface area contributed by atoms with E-state index < -0.39 is 0 Å². The molecule has 0 N–H and O–H groups in total. The highest BCUT2D eigenvalue weighted by Crippen LogP contribution is 2.32. The number of nitriles is 1. The van der Waals surface area contributed by atoms with E-state index in [1.807, 2.05) is 19.1 Å². The van der Waals surface area contributed by atoms with Crippen LogP contribution in [0.1, 0.15) is 11.1 Å². The molecule has 4 heteroatoms. The number of nitrogens with zero attached hydrogens (tertiary/aromatic N) is 1. The number of ether oxygens (including phenoxy) is 1. The molecule has 2 nitrogen and oxygen atoms in total. The average Bonchev–Trinajstić information content (AvgIpc) is 2.33. The van der Waals surface area contributed by atoms with E-state index in [-0.39, 0.29) is 0 Å². The molecule has 0 saturated heterocycles. The van der Waals surface area contributed by atoms with Crippen LogP contribution in [0.2, 0.25) is 5.02 Å². The SMILES string of the molecule is Cc1cc(Oc2ccc(Br)cc2Cl)ccc1C#N. The molecule has 18 heavy (non-hydrogen) atoms. The molecule has 0 radical (unpaired) electrons. The van der Waals surface area contributed by atoms with Crippen LogP contribution in [0, 0.1) is 18.3 Å². The minimum Gasteiger partial charge on any atom is -0.456 e. The average molecular weight is 323 g/mol. The second-order valence-electron chi connectivity index (χ2n) is 3.77. The van der Waals surface area contributed by atoms with Crippen LogP contribution in [0.4, 0.5) is 0 Å². The highest BCUT2D eigenvalue weighted by atomic mass is 79.9. The van der Waals surface area contributed by atoms with Crippen molar-refractivity contribution < 1.29 is 4.74 Å². The highest BCUT2D eigenvalue weighted by Gasteiger charge is 2.05. The van der Waals surface area contributed by atoms with Crippen LogP contribution in [0.5, 0.6) is 11.5 Å². The first-order chi connectivity index (χ1) is 8.60. The first-order valence-corrected chi connectivity index (χ1v) is 6.41. The van der Waals surface area contributed by atoms with E-state index in [1.165, 1.54) is 0 Å². The fraction of sp³-hybridized carbons (Fsp3) is 0.0714. The predicted molar refractivity (Wildman–Crippen MR) is 75.1 cm³/mol. The van der Waals surface area contributed by atoms with Gasteiger partial charge in [-0.05, 0) is 48.9 Å². The molecule has 0 heterocycles. The molecule has 0 fully saturated rings. The van der Waals surface area contributed by atoms with Gasteiger partial charge in [-0.2, -0.15) is 5.26 Å². The molecular weight excluding hydrogens is 314 g/mol. The van der Waals surface area contributed by atoms with Gasteiger partial charge < -0.3 is 4.74 Å². The predicted octanol–water partition coefficient (Wildman–Crippen LogP) is 5.07. The molecule has 0 spiro atoms. The highest BCUT2D eigenvalue weighted by molar-refractivity contribution is 9.10. The third kappa shape index (κ3) is 2.84. The zero-order chi connectivity index (χ0) is 13.1. The van der Waals surface area contributed by atoms with Crippen molar-refractivity contribution in [3.8, 4) is 17.6 Å². The van der Waals surface area contributed by atoms with Crippen LogP contribution in [0.3, 0.4) is 0 Å². The molecule has 0 unspecified atom stereocenters. The third-order valence-corrected chi connectivity index (χ3v) is 3.23. The lowest BCUT2D eigenvalue weighted by molar-refractivity contribution is 0.482. The maximum absolute atomic E-state index is 8.86. The second kappa shape index (κ2) is 5.43. The normalized spacial score (nSPS) is 9.89. The fourth-order valence-electron chi connectivity index (χ4n) is 1.51. The number of hydrogen-bond donors (Lipinski definition) is 0. The Morgan fingerprint density at radius 3 is 2.61 bits per heavy atom. The second-order valence-corrected chi connectivity index (χ2v) is 5.09. The van der Waals surface area contributed by atoms with E-state index in [4.69, 9.17) is 21.6 Å². The topological polar surface area (TPSA) is 33.0 Å². The maximum atomic E-state index is 8.86. The third-order valence-electron chi connectivity index (χ3n) is 2.44. The minimum absolute atomic E-state index is 0.534. The molecule has 0 bridgehead atoms. The summed E-state index contributed by atoms with van der Waals surface area (Å²) in [6.45, 7) is 1.87. The summed E-state index contributed by atoms with van der Waals surface area (Å²) in [5.74, 6) is 1.25. The van der Waals surface area contributed by atoms with Crippen molar-refractivity contribution in [3.05, 3.63) is 57.0 Å². The number of aryl methyl sites for hydroxylation is 1. The van der Waals surface area contributed by atoms with Gasteiger partial charge >= 0.3 is 0 Å². The van der Waals surface area contributed by atoms with Crippen molar-refractivity contribution in [2.45, 2.75) is 6.92 Å². The van der Waals surface area contributed by atoms with Crippen molar-refractivity contribution in [1.82, 2.24) is 0 Å². The lowest BCUT2D eigenvalue weighted by Gasteiger charge is -2.09. The van der Waals surface area contributed by atoms with E-state index in [2.05, 4.69) is 22.0 Å². The number of hydrogen-bond acceptors (Lipinski definition) is 2. The number of halogens is 2. The van der Waals surface area contributed by atoms with E-state index in [0.29, 0.717) is 22.1 Å². The molecule has 0 saturated carbocycles. The van der Waals surface area contributed by atoms with Crippen LogP contribution in [0.25, 0.3) is 0 Å². The maximum Gasteiger partial charge on any atom is 0.146 e. The number of rotatable bonds is 2. The molecule has 90 valence electrons. The van der Waals surface area contributed by atoms with Crippen molar-refractivity contribution in [3.63, 3.8) is 0 Å². The van der Waals surface area contributed by atoms with Gasteiger partial charge in [0.2, 0.25) is 0 Å².